The Labute approximate surface area is 119 Å². The topological polar surface area (TPSA) is 83.6 Å². The van der Waals surface area contributed by atoms with Crippen LogP contribution in [0.2, 0.25) is 0 Å². The molecule has 5 nitrogen and oxygen atoms in total. The molecule has 0 spiro atoms. The lowest BCUT2D eigenvalue weighted by molar-refractivity contribution is -0.122. The Morgan fingerprint density at radius 3 is 2.74 bits per heavy atom. The summed E-state index contributed by atoms with van der Waals surface area (Å²) in [5.41, 5.74) is 6.49. The van der Waals surface area contributed by atoms with Gasteiger partial charge >= 0.3 is 5.97 Å². The van der Waals surface area contributed by atoms with Crippen molar-refractivity contribution in [1.82, 2.24) is 0 Å². The zero-order valence-corrected chi connectivity index (χ0v) is 11.9. The Morgan fingerprint density at radius 2 is 2.16 bits per heavy atom. The van der Waals surface area contributed by atoms with Gasteiger partial charge in [0.2, 0.25) is 5.91 Å². The van der Waals surface area contributed by atoms with Crippen molar-refractivity contribution in [3.63, 3.8) is 0 Å². The first-order valence-electron chi connectivity index (χ1n) is 6.06. The van der Waals surface area contributed by atoms with Gasteiger partial charge in [-0.25, -0.2) is 4.79 Å². The monoisotopic (exact) mass is 326 g/mol. The number of nitrogens with two attached hydrogens (primary N) is 1. The van der Waals surface area contributed by atoms with Crippen molar-refractivity contribution in [1.29, 1.82) is 0 Å². The Hall–Kier alpha value is -1.56. The molecule has 6 heteroatoms. The average molecular weight is 327 g/mol. The maximum Gasteiger partial charge on any atom is 0.335 e. The molecule has 1 heterocycles. The van der Waals surface area contributed by atoms with Crippen molar-refractivity contribution in [3.05, 3.63) is 28.2 Å². The van der Waals surface area contributed by atoms with Crippen LogP contribution < -0.4 is 10.6 Å². The average Bonchev–Trinajstić information content (AvgIpc) is 2.38. The minimum atomic E-state index is -0.957. The molecule has 1 unspecified atom stereocenters. The number of hydrogen-bond donors (Lipinski definition) is 2. The molecule has 3 N–H and O–H groups in total. The molecule has 1 fully saturated rings. The number of rotatable bonds is 3. The predicted molar refractivity (Wildman–Crippen MR) is 75.2 cm³/mol. The van der Waals surface area contributed by atoms with E-state index in [2.05, 4.69) is 20.8 Å². The Balaban J connectivity index is 2.22. The van der Waals surface area contributed by atoms with Gasteiger partial charge in [0.1, 0.15) is 0 Å². The Bertz CT molecular complexity index is 519. The summed E-state index contributed by atoms with van der Waals surface area (Å²) in [5, 5.41) is 8.93. The third kappa shape index (κ3) is 3.07. The largest absolute Gasteiger partial charge is 0.478 e. The number of carboxylic acids is 1. The molecule has 0 bridgehead atoms. The molecule has 1 aromatic rings. The number of aromatic carboxylic acids is 1. The van der Waals surface area contributed by atoms with Crippen LogP contribution in [0.1, 0.15) is 23.2 Å². The number of carbonyl (C=O) groups is 2. The number of hydrogen-bond acceptors (Lipinski definition) is 3. The van der Waals surface area contributed by atoms with Crippen LogP contribution in [0, 0.1) is 5.92 Å². The summed E-state index contributed by atoms with van der Waals surface area (Å²) in [4.78, 5) is 24.2. The molecule has 0 saturated carbocycles. The van der Waals surface area contributed by atoms with Crippen LogP contribution in [-0.2, 0) is 4.79 Å². The van der Waals surface area contributed by atoms with Crippen LogP contribution >= 0.6 is 15.9 Å². The molecule has 1 aliphatic rings. The van der Waals surface area contributed by atoms with E-state index in [1.165, 1.54) is 0 Å². The van der Waals surface area contributed by atoms with E-state index in [0.29, 0.717) is 6.54 Å². The molecule has 0 radical (unpaired) electrons. The van der Waals surface area contributed by atoms with Crippen molar-refractivity contribution >= 4 is 33.5 Å². The summed E-state index contributed by atoms with van der Waals surface area (Å²) < 4.78 is 0.720. The number of nitrogens with zero attached hydrogens (tertiary/aromatic N) is 1. The maximum atomic E-state index is 11.3. The smallest absolute Gasteiger partial charge is 0.335 e. The van der Waals surface area contributed by atoms with E-state index in [9.17, 15) is 9.59 Å². The first kappa shape index (κ1) is 13.9. The minimum absolute atomic E-state index is 0.139. The summed E-state index contributed by atoms with van der Waals surface area (Å²) in [5.74, 6) is -1.37. The van der Waals surface area contributed by atoms with Gasteiger partial charge in [0.05, 0.1) is 17.2 Å². The van der Waals surface area contributed by atoms with Gasteiger partial charge < -0.3 is 15.7 Å². The number of anilines is 1. The fourth-order valence-corrected chi connectivity index (χ4v) is 2.95. The predicted octanol–water partition coefficient (Wildman–Crippen LogP) is 1.85. The summed E-state index contributed by atoms with van der Waals surface area (Å²) in [6, 6.07) is 4.90. The normalized spacial score (nSPS) is 19.2. The van der Waals surface area contributed by atoms with E-state index in [1.54, 1.807) is 18.2 Å². The molecule has 19 heavy (non-hydrogen) atoms. The molecule has 102 valence electrons. The van der Waals surface area contributed by atoms with Crippen LogP contribution in [0.25, 0.3) is 0 Å². The van der Waals surface area contributed by atoms with Crippen LogP contribution in [-0.4, -0.2) is 30.1 Å². The summed E-state index contributed by atoms with van der Waals surface area (Å²) >= 11 is 3.39. The molecule has 0 aromatic heterocycles. The van der Waals surface area contributed by atoms with Crippen LogP contribution in [0.3, 0.4) is 0 Å². The number of benzene rings is 1. The molecule has 1 amide bonds. The van der Waals surface area contributed by atoms with Crippen LogP contribution in [0.15, 0.2) is 22.7 Å². The number of halogens is 1. The van der Waals surface area contributed by atoms with E-state index in [1.807, 2.05) is 0 Å². The molecule has 2 rings (SSSR count). The zero-order valence-electron chi connectivity index (χ0n) is 10.3. The zero-order chi connectivity index (χ0) is 14.0. The third-order valence-electron chi connectivity index (χ3n) is 3.36. The van der Waals surface area contributed by atoms with E-state index >= 15 is 0 Å². The van der Waals surface area contributed by atoms with Crippen LogP contribution in [0.4, 0.5) is 5.69 Å². The van der Waals surface area contributed by atoms with Crippen molar-refractivity contribution < 1.29 is 14.7 Å². The van der Waals surface area contributed by atoms with Crippen molar-refractivity contribution in [3.8, 4) is 0 Å². The minimum Gasteiger partial charge on any atom is -0.478 e. The fourth-order valence-electron chi connectivity index (χ4n) is 2.32. The van der Waals surface area contributed by atoms with Crippen LogP contribution in [0.5, 0.6) is 0 Å². The van der Waals surface area contributed by atoms with E-state index < -0.39 is 5.97 Å². The Morgan fingerprint density at radius 1 is 1.42 bits per heavy atom. The number of carboxylic acid groups (broad SMARTS) is 1. The van der Waals surface area contributed by atoms with Gasteiger partial charge in [0, 0.05) is 17.6 Å². The highest BCUT2D eigenvalue weighted by atomic mass is 79.9. The Kier molecular flexibility index (Phi) is 4.09. The lowest BCUT2D eigenvalue weighted by Crippen LogP contribution is -2.41. The molecule has 1 saturated heterocycles. The van der Waals surface area contributed by atoms with Gasteiger partial charge in [0.15, 0.2) is 0 Å². The summed E-state index contributed by atoms with van der Waals surface area (Å²) in [7, 11) is 0. The van der Waals surface area contributed by atoms with Gasteiger partial charge in [-0.15, -0.1) is 0 Å². The van der Waals surface area contributed by atoms with Crippen molar-refractivity contribution in [2.24, 2.45) is 11.7 Å². The lowest BCUT2D eigenvalue weighted by atomic mass is 9.97. The highest BCUT2D eigenvalue weighted by molar-refractivity contribution is 9.10. The summed E-state index contributed by atoms with van der Waals surface area (Å²) in [6.07, 6.45) is 1.72. The highest BCUT2D eigenvalue weighted by Gasteiger charge is 2.25. The third-order valence-corrected chi connectivity index (χ3v) is 3.99. The fraction of sp³-hybridized carbons (Fsp3) is 0.385. The second-order valence-electron chi connectivity index (χ2n) is 4.66. The number of amides is 1. The molecule has 1 aromatic carbocycles. The molecular weight excluding hydrogens is 312 g/mol. The van der Waals surface area contributed by atoms with E-state index in [0.717, 1.165) is 29.5 Å². The van der Waals surface area contributed by atoms with Gasteiger partial charge in [-0.2, -0.15) is 0 Å². The number of carbonyl (C=O) groups excluding carboxylic acids is 1. The quantitative estimate of drug-likeness (QED) is 0.887. The number of piperidine rings is 1. The van der Waals surface area contributed by atoms with Crippen molar-refractivity contribution in [2.45, 2.75) is 12.8 Å². The maximum absolute atomic E-state index is 11.3. The van der Waals surface area contributed by atoms with Crippen molar-refractivity contribution in [2.75, 3.05) is 18.0 Å². The standard InChI is InChI=1S/C13H15BrN2O3/c14-10-6-8(13(18)19)3-4-11(10)16-5-1-2-9(7-16)12(15)17/h3-4,6,9H,1-2,5,7H2,(H2,15,17)(H,18,19). The molecule has 1 aliphatic heterocycles. The number of primary amides is 1. The molecule has 1 atom stereocenters. The first-order chi connectivity index (χ1) is 8.99. The van der Waals surface area contributed by atoms with Gasteiger partial charge in [0.25, 0.3) is 0 Å². The second-order valence-corrected chi connectivity index (χ2v) is 5.51. The van der Waals surface area contributed by atoms with Gasteiger partial charge in [-0.05, 0) is 47.0 Å². The second kappa shape index (κ2) is 5.61. The lowest BCUT2D eigenvalue weighted by Gasteiger charge is -2.33. The molecular formula is C13H15BrN2O3. The van der Waals surface area contributed by atoms with Gasteiger partial charge in [-0.1, -0.05) is 0 Å². The van der Waals surface area contributed by atoms with E-state index in [4.69, 9.17) is 10.8 Å². The SMILES string of the molecule is NC(=O)C1CCCN(c2ccc(C(=O)O)cc2Br)C1. The van der Waals surface area contributed by atoms with Gasteiger partial charge in [-0.3, -0.25) is 4.79 Å². The first-order valence-corrected chi connectivity index (χ1v) is 6.85. The highest BCUT2D eigenvalue weighted by Crippen LogP contribution is 2.30. The van der Waals surface area contributed by atoms with E-state index in [-0.39, 0.29) is 17.4 Å². The molecule has 0 aliphatic carbocycles. The summed E-state index contributed by atoms with van der Waals surface area (Å²) in [6.45, 7) is 1.43.